The van der Waals surface area contributed by atoms with Gasteiger partial charge in [0.2, 0.25) is 0 Å². The van der Waals surface area contributed by atoms with Crippen molar-refractivity contribution in [3.63, 3.8) is 0 Å². The third kappa shape index (κ3) is 19.5. The summed E-state index contributed by atoms with van der Waals surface area (Å²) in [5.74, 6) is -0.783. The van der Waals surface area contributed by atoms with Gasteiger partial charge in [0, 0.05) is 32.0 Å². The predicted octanol–water partition coefficient (Wildman–Crippen LogP) is 4.05. The summed E-state index contributed by atoms with van der Waals surface area (Å²) in [7, 11) is 0. The smallest absolute Gasteiger partial charge is 0.407 e. The lowest BCUT2D eigenvalue weighted by molar-refractivity contribution is -0.144. The molecule has 0 saturated carbocycles. The monoisotopic (exact) mass is 611 g/mol. The van der Waals surface area contributed by atoms with E-state index in [2.05, 4.69) is 15.6 Å². The Balaban J connectivity index is 2.37. The van der Waals surface area contributed by atoms with Gasteiger partial charge in [-0.3, -0.25) is 9.59 Å². The van der Waals surface area contributed by atoms with Crippen LogP contribution in [0.3, 0.4) is 0 Å². The lowest BCUT2D eigenvalue weighted by atomic mass is 10.2. The molecule has 0 aliphatic carbocycles. The summed E-state index contributed by atoms with van der Waals surface area (Å²) >= 11 is 0. The molecule has 1 heterocycles. The van der Waals surface area contributed by atoms with E-state index < -0.39 is 24.1 Å². The van der Waals surface area contributed by atoms with Crippen LogP contribution in [0.5, 0.6) is 0 Å². The molecular weight excluding hydrogens is 558 g/mol. The molecule has 2 atom stereocenters. The van der Waals surface area contributed by atoms with Gasteiger partial charge >= 0.3 is 24.1 Å². The van der Waals surface area contributed by atoms with Gasteiger partial charge < -0.3 is 39.0 Å². The Hall–Kier alpha value is -3.35. The molecule has 2 unspecified atom stereocenters. The highest BCUT2D eigenvalue weighted by molar-refractivity contribution is 5.70. The average molecular weight is 612 g/mol. The number of nitrogens with one attached hydrogen (secondary N) is 2. The van der Waals surface area contributed by atoms with Crippen LogP contribution in [-0.2, 0) is 35.1 Å². The molecule has 246 valence electrons. The summed E-state index contributed by atoms with van der Waals surface area (Å²) in [4.78, 5) is 54.5. The number of hydrogen-bond acceptors (Lipinski definition) is 10. The van der Waals surface area contributed by atoms with Crippen molar-refractivity contribution in [3.05, 3.63) is 18.7 Å². The van der Waals surface area contributed by atoms with E-state index in [1.54, 1.807) is 12.5 Å². The van der Waals surface area contributed by atoms with Gasteiger partial charge in [-0.2, -0.15) is 0 Å². The highest BCUT2D eigenvalue weighted by Crippen LogP contribution is 2.07. The van der Waals surface area contributed by atoms with Crippen molar-refractivity contribution in [2.24, 2.45) is 0 Å². The first-order valence-corrected chi connectivity index (χ1v) is 15.7. The van der Waals surface area contributed by atoms with Crippen LogP contribution in [0, 0.1) is 0 Å². The van der Waals surface area contributed by atoms with E-state index in [4.69, 9.17) is 18.9 Å². The molecule has 13 heteroatoms. The normalized spacial score (nSPS) is 12.3. The molecule has 2 N–H and O–H groups in total. The number of ether oxygens (including phenoxy) is 4. The summed E-state index contributed by atoms with van der Waals surface area (Å²) in [6, 6.07) is 0. The van der Waals surface area contributed by atoms with Crippen LogP contribution in [-0.4, -0.2) is 96.7 Å². The lowest BCUT2D eigenvalue weighted by Gasteiger charge is -2.21. The summed E-state index contributed by atoms with van der Waals surface area (Å²) in [6.45, 7) is 10.7. The number of aromatic nitrogens is 2. The van der Waals surface area contributed by atoms with Gasteiger partial charge in [0.15, 0.2) is 0 Å². The first-order valence-electron chi connectivity index (χ1n) is 15.7. The van der Waals surface area contributed by atoms with Gasteiger partial charge in [-0.05, 0) is 38.6 Å². The van der Waals surface area contributed by atoms with E-state index in [1.165, 1.54) is 0 Å². The van der Waals surface area contributed by atoms with E-state index in [1.807, 2.05) is 43.4 Å². The van der Waals surface area contributed by atoms with Crippen molar-refractivity contribution >= 4 is 24.1 Å². The highest BCUT2D eigenvalue weighted by atomic mass is 16.6. The fourth-order valence-electron chi connectivity index (χ4n) is 4.23. The van der Waals surface area contributed by atoms with Gasteiger partial charge in [-0.25, -0.2) is 14.6 Å². The van der Waals surface area contributed by atoms with E-state index in [0.717, 1.165) is 51.5 Å². The number of hydrogen-bond donors (Lipinski definition) is 2. The van der Waals surface area contributed by atoms with Crippen LogP contribution in [0.25, 0.3) is 0 Å². The Kier molecular flexibility index (Phi) is 21.1. The second-order valence-corrected chi connectivity index (χ2v) is 10.2. The second kappa shape index (κ2) is 24.1. The molecule has 0 aromatic carbocycles. The van der Waals surface area contributed by atoms with E-state index in [0.29, 0.717) is 19.6 Å². The standard InChI is InChI=1S/C30H53N5O8/c1-5-10-25(7-3)42-29(38)32-15-22-40-27(36)12-19-34(17-9-18-35-21-14-31-24-35)20-13-28(37)41-23-16-33-30(39)43-26(8-4)11-6-2/h14,21,24-26H,5-13,15-20,22-23H2,1-4H3,(H,32,38)(H,33,39). The first kappa shape index (κ1) is 37.7. The van der Waals surface area contributed by atoms with Crippen LogP contribution in [0.2, 0.25) is 0 Å². The minimum atomic E-state index is -0.514. The van der Waals surface area contributed by atoms with E-state index in [9.17, 15) is 19.2 Å². The molecule has 0 aliphatic rings. The maximum Gasteiger partial charge on any atom is 0.407 e. The van der Waals surface area contributed by atoms with E-state index in [-0.39, 0.29) is 51.4 Å². The number of esters is 2. The highest BCUT2D eigenvalue weighted by Gasteiger charge is 2.15. The minimum Gasteiger partial charge on any atom is -0.464 e. The van der Waals surface area contributed by atoms with Crippen molar-refractivity contribution in [2.45, 2.75) is 104 Å². The molecule has 1 rings (SSSR count). The van der Waals surface area contributed by atoms with Crippen molar-refractivity contribution < 1.29 is 38.1 Å². The minimum absolute atomic E-state index is 0.0464. The van der Waals surface area contributed by atoms with Gasteiger partial charge in [-0.1, -0.05) is 40.5 Å². The molecule has 0 aliphatic heterocycles. The summed E-state index contributed by atoms with van der Waals surface area (Å²) in [5, 5.41) is 5.21. The Morgan fingerprint density at radius 2 is 1.30 bits per heavy atom. The molecule has 0 radical (unpaired) electrons. The van der Waals surface area contributed by atoms with Crippen molar-refractivity contribution in [1.82, 2.24) is 25.1 Å². The largest absolute Gasteiger partial charge is 0.464 e. The second-order valence-electron chi connectivity index (χ2n) is 10.2. The third-order valence-electron chi connectivity index (χ3n) is 6.66. The summed E-state index contributed by atoms with van der Waals surface area (Å²) < 4.78 is 23.2. The lowest BCUT2D eigenvalue weighted by Crippen LogP contribution is -2.33. The first-order chi connectivity index (χ1) is 20.8. The fraction of sp³-hybridized carbons (Fsp3) is 0.767. The number of amides is 2. The van der Waals surface area contributed by atoms with Gasteiger partial charge in [0.25, 0.3) is 0 Å². The summed E-state index contributed by atoms with van der Waals surface area (Å²) in [5.41, 5.74) is 0. The number of carbonyl (C=O) groups excluding carboxylic acids is 4. The molecule has 1 aromatic rings. The molecule has 0 spiro atoms. The Labute approximate surface area is 256 Å². The van der Waals surface area contributed by atoms with Crippen LogP contribution in [0.4, 0.5) is 9.59 Å². The van der Waals surface area contributed by atoms with E-state index >= 15 is 0 Å². The number of alkyl carbamates (subject to hydrolysis) is 2. The topological polar surface area (TPSA) is 150 Å². The Morgan fingerprint density at radius 1 is 0.791 bits per heavy atom. The van der Waals surface area contributed by atoms with Crippen molar-refractivity contribution in [2.75, 3.05) is 45.9 Å². The molecule has 43 heavy (non-hydrogen) atoms. The fourth-order valence-corrected chi connectivity index (χ4v) is 4.23. The zero-order valence-corrected chi connectivity index (χ0v) is 26.5. The molecule has 0 bridgehead atoms. The maximum absolute atomic E-state index is 12.3. The van der Waals surface area contributed by atoms with Crippen molar-refractivity contribution in [1.29, 1.82) is 0 Å². The quantitative estimate of drug-likeness (QED) is 0.0995. The predicted molar refractivity (Wildman–Crippen MR) is 161 cm³/mol. The molecule has 13 nitrogen and oxygen atoms in total. The number of nitrogens with zero attached hydrogens (tertiary/aromatic N) is 3. The van der Waals surface area contributed by atoms with Crippen LogP contribution in [0.15, 0.2) is 18.7 Å². The summed E-state index contributed by atoms with van der Waals surface area (Å²) in [6.07, 6.45) is 10.1. The number of rotatable bonds is 24. The zero-order valence-electron chi connectivity index (χ0n) is 26.5. The van der Waals surface area contributed by atoms with Gasteiger partial charge in [-0.15, -0.1) is 0 Å². The van der Waals surface area contributed by atoms with Gasteiger partial charge in [0.1, 0.15) is 25.4 Å². The molecule has 1 aromatic heterocycles. The molecule has 0 fully saturated rings. The van der Waals surface area contributed by atoms with Crippen LogP contribution < -0.4 is 10.6 Å². The Morgan fingerprint density at radius 3 is 1.72 bits per heavy atom. The SMILES string of the molecule is CCCC(CC)OC(=O)NCCOC(=O)CCN(CCCn1ccnc1)CCC(=O)OCCNC(=O)OC(CC)CCC. The average Bonchev–Trinajstić information content (AvgIpc) is 3.51. The number of imidazole rings is 1. The number of carbonyl (C=O) groups is 4. The molecule has 2 amide bonds. The third-order valence-corrected chi connectivity index (χ3v) is 6.66. The van der Waals surface area contributed by atoms with Gasteiger partial charge in [0.05, 0.1) is 32.3 Å². The van der Waals surface area contributed by atoms with Crippen LogP contribution >= 0.6 is 0 Å². The van der Waals surface area contributed by atoms with Crippen molar-refractivity contribution in [3.8, 4) is 0 Å². The number of aryl methyl sites for hydroxylation is 1. The molecular formula is C30H53N5O8. The molecule has 0 saturated heterocycles. The zero-order chi connectivity index (χ0) is 31.7. The van der Waals surface area contributed by atoms with Crippen LogP contribution in [0.1, 0.15) is 85.5 Å². The Bertz CT molecular complexity index is 847. The maximum atomic E-state index is 12.3.